The number of fused-ring (bicyclic) bond motifs is 1. The molecule has 88 valence electrons. The summed E-state index contributed by atoms with van der Waals surface area (Å²) in [7, 11) is 0. The molecule has 0 amide bonds. The first-order valence-electron chi connectivity index (χ1n) is 6.12. The second-order valence-corrected chi connectivity index (χ2v) is 4.71. The lowest BCUT2D eigenvalue weighted by Gasteiger charge is -2.18. The molecule has 1 aliphatic rings. The lowest BCUT2D eigenvalue weighted by molar-refractivity contribution is 0.321. The van der Waals surface area contributed by atoms with Gasteiger partial charge in [-0.2, -0.15) is 0 Å². The molecule has 0 atom stereocenters. The van der Waals surface area contributed by atoms with E-state index in [1.54, 1.807) is 0 Å². The fourth-order valence-corrected chi connectivity index (χ4v) is 1.89. The van der Waals surface area contributed by atoms with Crippen LogP contribution in [0.4, 0.5) is 5.82 Å². The van der Waals surface area contributed by atoms with Gasteiger partial charge in [0.15, 0.2) is 11.6 Å². The maximum absolute atomic E-state index is 5.50. The Morgan fingerprint density at radius 1 is 1.44 bits per heavy atom. The molecular weight excluding hydrogens is 200 g/mol. The van der Waals surface area contributed by atoms with Crippen molar-refractivity contribution in [2.75, 3.05) is 18.5 Å². The lowest BCUT2D eigenvalue weighted by Crippen LogP contribution is -2.19. The van der Waals surface area contributed by atoms with Crippen molar-refractivity contribution in [3.05, 3.63) is 17.8 Å². The lowest BCUT2D eigenvalue weighted by atomic mass is 10.1. The van der Waals surface area contributed by atoms with Gasteiger partial charge in [0.25, 0.3) is 0 Å². The van der Waals surface area contributed by atoms with Crippen molar-refractivity contribution < 1.29 is 4.74 Å². The molecule has 1 aliphatic heterocycles. The molecular formula is C13H20N2O. The standard InChI is InChI=1S/C13H20N2O/c1-10(2)4-3-5-11-6-7-12-13(15-11)14-8-9-16-12/h6-7,10H,3-5,8-9H2,1-2H3,(H,14,15). The Kier molecular flexibility index (Phi) is 3.65. The summed E-state index contributed by atoms with van der Waals surface area (Å²) < 4.78 is 5.50. The first-order valence-corrected chi connectivity index (χ1v) is 6.12. The SMILES string of the molecule is CC(C)CCCc1ccc2c(n1)NCCO2. The molecule has 0 fully saturated rings. The quantitative estimate of drug-likeness (QED) is 0.847. The minimum Gasteiger partial charge on any atom is -0.488 e. The molecule has 0 radical (unpaired) electrons. The summed E-state index contributed by atoms with van der Waals surface area (Å²) >= 11 is 0. The van der Waals surface area contributed by atoms with Crippen LogP contribution in [0.25, 0.3) is 0 Å². The maximum Gasteiger partial charge on any atom is 0.169 e. The number of aryl methyl sites for hydroxylation is 1. The minimum absolute atomic E-state index is 0.737. The van der Waals surface area contributed by atoms with Crippen molar-refractivity contribution in [1.29, 1.82) is 0 Å². The van der Waals surface area contributed by atoms with E-state index < -0.39 is 0 Å². The topological polar surface area (TPSA) is 34.2 Å². The summed E-state index contributed by atoms with van der Waals surface area (Å²) in [6.45, 7) is 6.11. The van der Waals surface area contributed by atoms with Crippen molar-refractivity contribution in [2.45, 2.75) is 33.1 Å². The maximum atomic E-state index is 5.50. The Labute approximate surface area is 97.2 Å². The van der Waals surface area contributed by atoms with E-state index in [0.29, 0.717) is 0 Å². The fourth-order valence-electron chi connectivity index (χ4n) is 1.89. The van der Waals surface area contributed by atoms with Gasteiger partial charge in [-0.1, -0.05) is 20.3 Å². The predicted molar refractivity (Wildman–Crippen MR) is 66.0 cm³/mol. The summed E-state index contributed by atoms with van der Waals surface area (Å²) in [5, 5.41) is 3.27. The number of aromatic nitrogens is 1. The molecule has 0 bridgehead atoms. The van der Waals surface area contributed by atoms with Gasteiger partial charge in [-0.25, -0.2) is 4.98 Å². The van der Waals surface area contributed by atoms with Gasteiger partial charge in [0.2, 0.25) is 0 Å². The van der Waals surface area contributed by atoms with E-state index in [9.17, 15) is 0 Å². The third-order valence-electron chi connectivity index (χ3n) is 2.78. The van der Waals surface area contributed by atoms with Gasteiger partial charge in [0.1, 0.15) is 6.61 Å². The number of nitrogens with zero attached hydrogens (tertiary/aromatic N) is 1. The number of hydrogen-bond donors (Lipinski definition) is 1. The van der Waals surface area contributed by atoms with Crippen LogP contribution in [0.15, 0.2) is 12.1 Å². The molecule has 3 heteroatoms. The molecule has 1 aromatic heterocycles. The zero-order valence-corrected chi connectivity index (χ0v) is 10.1. The highest BCUT2D eigenvalue weighted by molar-refractivity contribution is 5.52. The van der Waals surface area contributed by atoms with Gasteiger partial charge in [0, 0.05) is 5.69 Å². The van der Waals surface area contributed by atoms with Gasteiger partial charge < -0.3 is 10.1 Å². The third kappa shape index (κ3) is 2.87. The molecule has 0 spiro atoms. The smallest absolute Gasteiger partial charge is 0.169 e. The van der Waals surface area contributed by atoms with Gasteiger partial charge >= 0.3 is 0 Å². The average molecular weight is 220 g/mol. The van der Waals surface area contributed by atoms with Crippen molar-refractivity contribution in [2.24, 2.45) is 5.92 Å². The summed E-state index contributed by atoms with van der Waals surface area (Å²) in [5.74, 6) is 2.58. The van der Waals surface area contributed by atoms with Crippen LogP contribution in [0.2, 0.25) is 0 Å². The van der Waals surface area contributed by atoms with E-state index in [1.165, 1.54) is 12.8 Å². The van der Waals surface area contributed by atoms with Crippen molar-refractivity contribution in [3.63, 3.8) is 0 Å². The molecule has 16 heavy (non-hydrogen) atoms. The summed E-state index contributed by atoms with van der Waals surface area (Å²) in [6, 6.07) is 4.10. The summed E-state index contributed by atoms with van der Waals surface area (Å²) in [4.78, 5) is 4.57. The molecule has 1 N–H and O–H groups in total. The van der Waals surface area contributed by atoms with E-state index in [4.69, 9.17) is 4.74 Å². The van der Waals surface area contributed by atoms with E-state index in [-0.39, 0.29) is 0 Å². The Hall–Kier alpha value is -1.25. The summed E-state index contributed by atoms with van der Waals surface area (Å²) in [5.41, 5.74) is 1.16. The Morgan fingerprint density at radius 3 is 3.12 bits per heavy atom. The monoisotopic (exact) mass is 220 g/mol. The van der Waals surface area contributed by atoms with Gasteiger partial charge in [-0.3, -0.25) is 0 Å². The number of anilines is 1. The molecule has 0 unspecified atom stereocenters. The number of rotatable bonds is 4. The molecule has 2 rings (SSSR count). The normalized spacial score (nSPS) is 14.2. The zero-order chi connectivity index (χ0) is 11.4. The number of hydrogen-bond acceptors (Lipinski definition) is 3. The highest BCUT2D eigenvalue weighted by atomic mass is 16.5. The van der Waals surface area contributed by atoms with E-state index in [2.05, 4.69) is 30.2 Å². The van der Waals surface area contributed by atoms with Crippen LogP contribution < -0.4 is 10.1 Å². The van der Waals surface area contributed by atoms with Gasteiger partial charge in [-0.05, 0) is 30.9 Å². The minimum atomic E-state index is 0.737. The Bertz CT molecular complexity index is 350. The van der Waals surface area contributed by atoms with Crippen LogP contribution in [0, 0.1) is 5.92 Å². The Balaban J connectivity index is 1.95. The summed E-state index contributed by atoms with van der Waals surface area (Å²) in [6.07, 6.45) is 3.54. The predicted octanol–water partition coefficient (Wildman–Crippen LogP) is 2.86. The van der Waals surface area contributed by atoms with Crippen LogP contribution in [0.5, 0.6) is 5.75 Å². The third-order valence-corrected chi connectivity index (χ3v) is 2.78. The van der Waals surface area contributed by atoms with Crippen LogP contribution in [0.3, 0.4) is 0 Å². The zero-order valence-electron chi connectivity index (χ0n) is 10.1. The van der Waals surface area contributed by atoms with Crippen LogP contribution in [-0.2, 0) is 6.42 Å². The largest absolute Gasteiger partial charge is 0.488 e. The second-order valence-electron chi connectivity index (χ2n) is 4.71. The second kappa shape index (κ2) is 5.19. The Morgan fingerprint density at radius 2 is 2.31 bits per heavy atom. The average Bonchev–Trinajstić information content (AvgIpc) is 2.28. The number of pyridine rings is 1. The van der Waals surface area contributed by atoms with Crippen molar-refractivity contribution in [3.8, 4) is 5.75 Å². The fraction of sp³-hybridized carbons (Fsp3) is 0.615. The van der Waals surface area contributed by atoms with Crippen molar-refractivity contribution in [1.82, 2.24) is 4.98 Å². The van der Waals surface area contributed by atoms with Crippen LogP contribution >= 0.6 is 0 Å². The molecule has 1 aromatic rings. The van der Waals surface area contributed by atoms with Gasteiger partial charge in [0.05, 0.1) is 6.54 Å². The first kappa shape index (κ1) is 11.2. The number of ether oxygens (including phenoxy) is 1. The molecule has 0 saturated carbocycles. The number of nitrogens with one attached hydrogen (secondary N) is 1. The van der Waals surface area contributed by atoms with E-state index in [1.807, 2.05) is 6.07 Å². The molecule has 0 aromatic carbocycles. The molecule has 0 aliphatic carbocycles. The highest BCUT2D eigenvalue weighted by Crippen LogP contribution is 2.25. The van der Waals surface area contributed by atoms with Gasteiger partial charge in [-0.15, -0.1) is 0 Å². The van der Waals surface area contributed by atoms with Crippen LogP contribution in [-0.4, -0.2) is 18.1 Å². The van der Waals surface area contributed by atoms with E-state index >= 15 is 0 Å². The molecule has 3 nitrogen and oxygen atoms in total. The molecule has 2 heterocycles. The van der Waals surface area contributed by atoms with Crippen LogP contribution in [0.1, 0.15) is 32.4 Å². The highest BCUT2D eigenvalue weighted by Gasteiger charge is 2.11. The molecule has 0 saturated heterocycles. The first-order chi connectivity index (χ1) is 7.75. The van der Waals surface area contributed by atoms with E-state index in [0.717, 1.165) is 42.8 Å². The van der Waals surface area contributed by atoms with Crippen molar-refractivity contribution >= 4 is 5.82 Å².